The number of rotatable bonds is 3. The van der Waals surface area contributed by atoms with Crippen molar-refractivity contribution in [3.8, 4) is 0 Å². The van der Waals surface area contributed by atoms with Crippen LogP contribution in [-0.4, -0.2) is 39.0 Å². The molecule has 1 N–H and O–H groups in total. The molecule has 0 unspecified atom stereocenters. The number of piperidine rings is 1. The number of hydrogen-bond donors (Lipinski definition) is 1. The monoisotopic (exact) mass is 352 g/mol. The highest BCUT2D eigenvalue weighted by atomic mass is 16.5. The highest BCUT2D eigenvalue weighted by molar-refractivity contribution is 6.05. The fraction of sp³-hybridized carbons (Fsp3) is 0.368. The fourth-order valence-corrected chi connectivity index (χ4v) is 3.56. The van der Waals surface area contributed by atoms with Gasteiger partial charge in [0.2, 0.25) is 11.4 Å². The van der Waals surface area contributed by atoms with Gasteiger partial charge in [-0.3, -0.25) is 9.59 Å². The molecule has 1 saturated heterocycles. The summed E-state index contributed by atoms with van der Waals surface area (Å²) in [6.07, 6.45) is 2.51. The number of likely N-dealkylation sites (tertiary alicyclic amines) is 1. The minimum atomic E-state index is -0.256. The van der Waals surface area contributed by atoms with E-state index in [-0.39, 0.29) is 11.5 Å². The summed E-state index contributed by atoms with van der Waals surface area (Å²) in [7, 11) is 0. The number of pyridine rings is 1. The first-order chi connectivity index (χ1) is 12.6. The van der Waals surface area contributed by atoms with Gasteiger partial charge in [0.05, 0.1) is 5.56 Å². The van der Waals surface area contributed by atoms with Crippen molar-refractivity contribution in [1.82, 2.24) is 20.0 Å². The second-order valence-electron chi connectivity index (χ2n) is 6.77. The van der Waals surface area contributed by atoms with Crippen LogP contribution < -0.4 is 5.56 Å². The molecule has 1 amide bonds. The van der Waals surface area contributed by atoms with E-state index in [1.54, 1.807) is 6.92 Å². The molecule has 4 rings (SSSR count). The standard InChI is InChI=1S/C19H20N4O3/c1-12-20-18(26-22-12)10-13-6-8-23(9-7-13)19(25)15-11-17(24)21-16-5-3-2-4-14(15)16/h2-5,11,13H,6-10H2,1H3,(H,21,24). The van der Waals surface area contributed by atoms with Gasteiger partial charge >= 0.3 is 0 Å². The molecule has 0 bridgehead atoms. The minimum absolute atomic E-state index is 0.0839. The zero-order valence-electron chi connectivity index (χ0n) is 14.6. The quantitative estimate of drug-likeness (QED) is 0.781. The van der Waals surface area contributed by atoms with E-state index in [2.05, 4.69) is 15.1 Å². The number of aromatic amines is 1. The van der Waals surface area contributed by atoms with Crippen molar-refractivity contribution in [2.45, 2.75) is 26.2 Å². The molecule has 1 fully saturated rings. The molecule has 0 aliphatic carbocycles. The third-order valence-electron chi connectivity index (χ3n) is 4.92. The number of benzene rings is 1. The van der Waals surface area contributed by atoms with Crippen LogP contribution in [0.1, 0.15) is 34.9 Å². The van der Waals surface area contributed by atoms with Crippen LogP contribution in [0.3, 0.4) is 0 Å². The van der Waals surface area contributed by atoms with E-state index >= 15 is 0 Å². The van der Waals surface area contributed by atoms with Crippen molar-refractivity contribution < 1.29 is 9.32 Å². The molecule has 0 radical (unpaired) electrons. The highest BCUT2D eigenvalue weighted by Gasteiger charge is 2.26. The lowest BCUT2D eigenvalue weighted by molar-refractivity contribution is 0.0689. The Hall–Kier alpha value is -2.96. The van der Waals surface area contributed by atoms with Gasteiger partial charge in [-0.2, -0.15) is 4.98 Å². The smallest absolute Gasteiger partial charge is 0.254 e. The SMILES string of the molecule is Cc1noc(CC2CCN(C(=O)c3cc(=O)[nH]c4ccccc34)CC2)n1. The average Bonchev–Trinajstić information content (AvgIpc) is 3.06. The number of H-pyrrole nitrogens is 1. The summed E-state index contributed by atoms with van der Waals surface area (Å²) in [5.41, 5.74) is 0.897. The number of aromatic nitrogens is 3. The molecule has 3 heterocycles. The molecule has 1 aliphatic heterocycles. The first kappa shape index (κ1) is 16.5. The van der Waals surface area contributed by atoms with Gasteiger partial charge < -0.3 is 14.4 Å². The number of hydrogen-bond acceptors (Lipinski definition) is 5. The van der Waals surface area contributed by atoms with Gasteiger partial charge in [-0.1, -0.05) is 23.4 Å². The lowest BCUT2D eigenvalue weighted by Gasteiger charge is -2.31. The van der Waals surface area contributed by atoms with Crippen LogP contribution in [0.5, 0.6) is 0 Å². The number of carbonyl (C=O) groups excluding carboxylic acids is 1. The average molecular weight is 352 g/mol. The molecule has 1 aromatic carbocycles. The van der Waals surface area contributed by atoms with E-state index in [0.29, 0.717) is 41.8 Å². The number of aryl methyl sites for hydroxylation is 1. The van der Waals surface area contributed by atoms with Crippen molar-refractivity contribution >= 4 is 16.8 Å². The van der Waals surface area contributed by atoms with E-state index < -0.39 is 0 Å². The number of para-hydroxylation sites is 1. The normalized spacial score (nSPS) is 15.5. The van der Waals surface area contributed by atoms with Gasteiger partial charge in [-0.05, 0) is 31.7 Å². The Morgan fingerprint density at radius 3 is 2.81 bits per heavy atom. The Morgan fingerprint density at radius 2 is 2.08 bits per heavy atom. The molecular formula is C19H20N4O3. The van der Waals surface area contributed by atoms with Crippen LogP contribution in [-0.2, 0) is 6.42 Å². The molecule has 26 heavy (non-hydrogen) atoms. The fourth-order valence-electron chi connectivity index (χ4n) is 3.56. The molecule has 0 saturated carbocycles. The van der Waals surface area contributed by atoms with Crippen molar-refractivity contribution in [3.05, 3.63) is 58.0 Å². The van der Waals surface area contributed by atoms with E-state index in [0.717, 1.165) is 24.6 Å². The minimum Gasteiger partial charge on any atom is -0.339 e. The van der Waals surface area contributed by atoms with E-state index in [1.165, 1.54) is 6.07 Å². The first-order valence-electron chi connectivity index (χ1n) is 8.80. The lowest BCUT2D eigenvalue weighted by Crippen LogP contribution is -2.39. The zero-order chi connectivity index (χ0) is 18.1. The number of nitrogens with one attached hydrogen (secondary N) is 1. The summed E-state index contributed by atoms with van der Waals surface area (Å²) in [5, 5.41) is 4.60. The van der Waals surface area contributed by atoms with Gasteiger partial charge in [0.15, 0.2) is 5.82 Å². The largest absolute Gasteiger partial charge is 0.339 e. The van der Waals surface area contributed by atoms with Crippen LogP contribution in [0.2, 0.25) is 0 Å². The van der Waals surface area contributed by atoms with Crippen molar-refractivity contribution in [3.63, 3.8) is 0 Å². The number of nitrogens with zero attached hydrogens (tertiary/aromatic N) is 3. The second-order valence-corrected chi connectivity index (χ2v) is 6.77. The van der Waals surface area contributed by atoms with Gasteiger partial charge in [-0.15, -0.1) is 0 Å². The first-order valence-corrected chi connectivity index (χ1v) is 8.80. The highest BCUT2D eigenvalue weighted by Crippen LogP contribution is 2.24. The number of amides is 1. The molecule has 3 aromatic rings. The molecule has 7 nitrogen and oxygen atoms in total. The summed E-state index contributed by atoms with van der Waals surface area (Å²) >= 11 is 0. The van der Waals surface area contributed by atoms with Crippen molar-refractivity contribution in [2.24, 2.45) is 5.92 Å². The molecule has 7 heteroatoms. The maximum absolute atomic E-state index is 13.0. The molecule has 2 aromatic heterocycles. The number of carbonyl (C=O) groups is 1. The van der Waals surface area contributed by atoms with E-state index in [1.807, 2.05) is 29.2 Å². The maximum Gasteiger partial charge on any atom is 0.254 e. The Kier molecular flexibility index (Phi) is 4.28. The van der Waals surface area contributed by atoms with Crippen LogP contribution in [0, 0.1) is 12.8 Å². The Morgan fingerprint density at radius 1 is 1.31 bits per heavy atom. The molecule has 0 atom stereocenters. The molecule has 1 aliphatic rings. The Balaban J connectivity index is 1.48. The van der Waals surface area contributed by atoms with Gasteiger partial charge in [0, 0.05) is 36.5 Å². The van der Waals surface area contributed by atoms with Gasteiger partial charge in [0.25, 0.3) is 5.91 Å². The van der Waals surface area contributed by atoms with Crippen molar-refractivity contribution in [1.29, 1.82) is 0 Å². The van der Waals surface area contributed by atoms with Gasteiger partial charge in [0.1, 0.15) is 0 Å². The summed E-state index contributed by atoms with van der Waals surface area (Å²) in [5.74, 6) is 1.65. The molecular weight excluding hydrogens is 332 g/mol. The van der Waals surface area contributed by atoms with E-state index in [9.17, 15) is 9.59 Å². The summed E-state index contributed by atoms with van der Waals surface area (Å²) in [6.45, 7) is 3.13. The third kappa shape index (κ3) is 3.24. The third-order valence-corrected chi connectivity index (χ3v) is 4.92. The summed E-state index contributed by atoms with van der Waals surface area (Å²) in [4.78, 5) is 33.7. The van der Waals surface area contributed by atoms with E-state index in [4.69, 9.17) is 4.52 Å². The zero-order valence-corrected chi connectivity index (χ0v) is 14.6. The topological polar surface area (TPSA) is 92.1 Å². The van der Waals surface area contributed by atoms with Crippen LogP contribution in [0.25, 0.3) is 10.9 Å². The number of fused-ring (bicyclic) bond motifs is 1. The predicted octanol–water partition coefficient (Wildman–Crippen LogP) is 2.31. The van der Waals surface area contributed by atoms with Crippen LogP contribution in [0.4, 0.5) is 0 Å². The molecule has 134 valence electrons. The predicted molar refractivity (Wildman–Crippen MR) is 95.9 cm³/mol. The second kappa shape index (κ2) is 6.74. The lowest BCUT2D eigenvalue weighted by atomic mass is 9.93. The summed E-state index contributed by atoms with van der Waals surface area (Å²) < 4.78 is 5.19. The van der Waals surface area contributed by atoms with Gasteiger partial charge in [-0.25, -0.2) is 0 Å². The van der Waals surface area contributed by atoms with Crippen LogP contribution in [0.15, 0.2) is 39.6 Å². The Labute approximate surface area is 150 Å². The summed E-state index contributed by atoms with van der Waals surface area (Å²) in [6, 6.07) is 8.79. The van der Waals surface area contributed by atoms with Crippen LogP contribution >= 0.6 is 0 Å². The maximum atomic E-state index is 13.0. The Bertz CT molecular complexity index is 999. The molecule has 0 spiro atoms. The van der Waals surface area contributed by atoms with Crippen molar-refractivity contribution in [2.75, 3.05) is 13.1 Å².